The van der Waals surface area contributed by atoms with Crippen molar-refractivity contribution < 1.29 is 34.2 Å². The normalized spacial score (nSPS) is 24.5. The lowest BCUT2D eigenvalue weighted by atomic mass is 10.1. The summed E-state index contributed by atoms with van der Waals surface area (Å²) >= 11 is 0. The number of carbonyl (C=O) groups is 3. The summed E-state index contributed by atoms with van der Waals surface area (Å²) in [6.07, 6.45) is 3.08. The summed E-state index contributed by atoms with van der Waals surface area (Å²) < 4.78 is 96.9. The zero-order valence-electron chi connectivity index (χ0n) is 28.9. The van der Waals surface area contributed by atoms with E-state index in [-0.39, 0.29) is 27.2 Å². The molecule has 5 rings (SSSR count). The van der Waals surface area contributed by atoms with Crippen molar-refractivity contribution in [1.29, 1.82) is 0 Å². The van der Waals surface area contributed by atoms with Gasteiger partial charge < -0.3 is 19.5 Å². The van der Waals surface area contributed by atoms with Crippen molar-refractivity contribution in [2.45, 2.75) is 6.92 Å². The Bertz CT molecular complexity index is 1840. The molecular formula is C24H23N7O4. The molecule has 1 saturated heterocycles. The lowest BCUT2D eigenvalue weighted by molar-refractivity contribution is -0.127. The highest BCUT2D eigenvalue weighted by Crippen LogP contribution is 2.31. The Morgan fingerprint density at radius 1 is 1.09 bits per heavy atom. The number of H-pyrrole nitrogens is 1. The summed E-state index contributed by atoms with van der Waals surface area (Å²) in [6.45, 7) is -13.6. The summed E-state index contributed by atoms with van der Waals surface area (Å²) in [4.78, 5) is 50.9. The standard InChI is InChI=1S/C24H23N7O4/c1-15-27-14-31(28-15)22-20-19(18(35-2)13-26-22)17(12-25-20)21(32)24(34)30-10-8-29(9-11-30)23(33)16-6-4-3-5-7-16/h3-7,12-14,25H,8-11H2,1-2H3/i2D3,8D2,9D2,10D2,11D2. The van der Waals surface area contributed by atoms with Gasteiger partial charge in [0, 0.05) is 37.7 Å². The largest absolute Gasteiger partial charge is 0.494 e. The number of aromatic amines is 1. The van der Waals surface area contributed by atoms with Crippen LogP contribution in [0.1, 0.15) is 41.6 Å². The van der Waals surface area contributed by atoms with E-state index in [9.17, 15) is 14.4 Å². The number of nitrogens with zero attached hydrogens (tertiary/aromatic N) is 6. The summed E-state index contributed by atoms with van der Waals surface area (Å²) in [7, 11) is -3.08. The van der Waals surface area contributed by atoms with Crippen molar-refractivity contribution in [3.8, 4) is 11.6 Å². The number of hydrogen-bond donors (Lipinski definition) is 1. The van der Waals surface area contributed by atoms with Crippen LogP contribution in [0.25, 0.3) is 16.7 Å². The number of piperazine rings is 1. The zero-order chi connectivity index (χ0) is 34.2. The maximum Gasteiger partial charge on any atom is 0.295 e. The number of amides is 2. The Morgan fingerprint density at radius 3 is 2.51 bits per heavy atom. The Morgan fingerprint density at radius 2 is 1.83 bits per heavy atom. The fourth-order valence-electron chi connectivity index (χ4n) is 3.37. The summed E-state index contributed by atoms with van der Waals surface area (Å²) in [5.74, 6) is -5.43. The number of ether oxygens (including phenoxy) is 1. The van der Waals surface area contributed by atoms with Crippen LogP contribution in [-0.2, 0) is 4.79 Å². The van der Waals surface area contributed by atoms with Gasteiger partial charge in [0.1, 0.15) is 17.9 Å². The smallest absolute Gasteiger partial charge is 0.295 e. The minimum Gasteiger partial charge on any atom is -0.494 e. The highest BCUT2D eigenvalue weighted by atomic mass is 16.5. The van der Waals surface area contributed by atoms with Crippen LogP contribution in [0.15, 0.2) is 49.1 Å². The quantitative estimate of drug-likeness (QED) is 0.337. The molecule has 0 unspecified atom stereocenters. The number of nitrogens with one attached hydrogen (secondary N) is 1. The molecule has 0 saturated carbocycles. The molecule has 2 amide bonds. The third kappa shape index (κ3) is 4.01. The van der Waals surface area contributed by atoms with E-state index in [0.29, 0.717) is 5.82 Å². The highest BCUT2D eigenvalue weighted by molar-refractivity contribution is 6.45. The maximum absolute atomic E-state index is 13.8. The van der Waals surface area contributed by atoms with Gasteiger partial charge in [-0.05, 0) is 19.1 Å². The van der Waals surface area contributed by atoms with Gasteiger partial charge in [-0.1, -0.05) is 18.2 Å². The van der Waals surface area contributed by atoms with E-state index < -0.39 is 66.8 Å². The fourth-order valence-corrected chi connectivity index (χ4v) is 3.37. The second kappa shape index (κ2) is 9.01. The minimum absolute atomic E-state index is 0.0358. The van der Waals surface area contributed by atoms with E-state index >= 15 is 0 Å². The molecule has 11 heteroatoms. The molecule has 0 spiro atoms. The van der Waals surface area contributed by atoms with E-state index in [1.165, 1.54) is 36.7 Å². The average Bonchev–Trinajstić information content (AvgIpc) is 3.58. The van der Waals surface area contributed by atoms with Crippen LogP contribution in [0.2, 0.25) is 0 Å². The first-order valence-corrected chi connectivity index (χ1v) is 10.0. The number of aromatic nitrogens is 5. The Labute approximate surface area is 215 Å². The van der Waals surface area contributed by atoms with Crippen LogP contribution in [0.5, 0.6) is 5.75 Å². The van der Waals surface area contributed by atoms with Crippen LogP contribution in [-0.4, -0.2) is 85.2 Å². The van der Waals surface area contributed by atoms with Crippen molar-refractivity contribution in [2.75, 3.05) is 33.0 Å². The minimum atomic E-state index is -3.85. The molecule has 0 bridgehead atoms. The number of hydrogen-bond acceptors (Lipinski definition) is 7. The molecule has 1 N–H and O–H groups in total. The average molecular weight is 485 g/mol. The van der Waals surface area contributed by atoms with Crippen molar-refractivity contribution in [3.05, 3.63) is 66.0 Å². The molecule has 1 aliphatic rings. The second-order valence-electron chi connectivity index (χ2n) is 7.16. The number of aryl methyl sites for hydroxylation is 1. The lowest BCUT2D eigenvalue weighted by Crippen LogP contribution is -2.52. The lowest BCUT2D eigenvalue weighted by Gasteiger charge is -2.34. The first-order chi connectivity index (χ1) is 21.1. The third-order valence-electron chi connectivity index (χ3n) is 5.00. The second-order valence-corrected chi connectivity index (χ2v) is 7.16. The summed E-state index contributed by atoms with van der Waals surface area (Å²) in [5.41, 5.74) is -1.07. The molecule has 178 valence electrons. The van der Waals surface area contributed by atoms with Crippen LogP contribution in [0.3, 0.4) is 0 Å². The molecule has 35 heavy (non-hydrogen) atoms. The zero-order valence-corrected chi connectivity index (χ0v) is 17.9. The highest BCUT2D eigenvalue weighted by Gasteiger charge is 2.31. The van der Waals surface area contributed by atoms with E-state index in [4.69, 9.17) is 19.8 Å². The SMILES string of the molecule is [2H]C([2H])([2H])Oc1cnc(-n2cnc(C)n2)c2[nH]cc(C(=O)C(=O)N3C([2H])([2H])C([2H])([2H])N(C(=O)c4ccccc4)C([2H])([2H])C3([2H])[2H])c12. The topological polar surface area (TPSA) is 126 Å². The van der Waals surface area contributed by atoms with Crippen molar-refractivity contribution in [3.63, 3.8) is 0 Å². The number of fused-ring (bicyclic) bond motifs is 1. The monoisotopic (exact) mass is 484 g/mol. The first-order valence-electron chi connectivity index (χ1n) is 15.5. The maximum atomic E-state index is 13.8. The molecule has 11 nitrogen and oxygen atoms in total. The van der Waals surface area contributed by atoms with Crippen LogP contribution >= 0.6 is 0 Å². The number of ketones is 1. The number of benzene rings is 1. The molecular weight excluding hydrogens is 450 g/mol. The van der Waals surface area contributed by atoms with E-state index in [2.05, 4.69) is 20.1 Å². The van der Waals surface area contributed by atoms with Crippen LogP contribution < -0.4 is 4.74 Å². The number of Topliss-reactive ketones (excluding diaryl/α,β-unsaturated/α-hetero) is 1. The fraction of sp³-hybridized carbons (Fsp3) is 0.250. The number of rotatable bonds is 5. The Balaban J connectivity index is 1.65. The summed E-state index contributed by atoms with van der Waals surface area (Å²) in [5, 5.41) is 3.74. The van der Waals surface area contributed by atoms with Gasteiger partial charge in [0.25, 0.3) is 17.6 Å². The molecule has 0 radical (unpaired) electrons. The van der Waals surface area contributed by atoms with Gasteiger partial charge in [0.05, 0.1) is 44.8 Å². The number of methoxy groups -OCH3 is 1. The molecule has 0 atom stereocenters. The van der Waals surface area contributed by atoms with Gasteiger partial charge >= 0.3 is 0 Å². The van der Waals surface area contributed by atoms with Gasteiger partial charge in [0.15, 0.2) is 5.82 Å². The van der Waals surface area contributed by atoms with Crippen LogP contribution in [0.4, 0.5) is 0 Å². The van der Waals surface area contributed by atoms with Crippen molar-refractivity contribution >= 4 is 28.5 Å². The van der Waals surface area contributed by atoms with Crippen LogP contribution in [0, 0.1) is 6.92 Å². The molecule has 4 aromatic rings. The molecule has 4 heterocycles. The predicted molar refractivity (Wildman–Crippen MR) is 126 cm³/mol. The molecule has 1 aliphatic heterocycles. The van der Waals surface area contributed by atoms with Gasteiger partial charge in [-0.15, -0.1) is 0 Å². The van der Waals surface area contributed by atoms with Gasteiger partial charge in [-0.3, -0.25) is 14.4 Å². The predicted octanol–water partition coefficient (Wildman–Crippen LogP) is 1.63. The van der Waals surface area contributed by atoms with Gasteiger partial charge in [0.2, 0.25) is 0 Å². The number of carbonyl (C=O) groups excluding carboxylic acids is 3. The Hall–Kier alpha value is -4.54. The van der Waals surface area contributed by atoms with Gasteiger partial charge in [-0.2, -0.15) is 5.10 Å². The molecule has 3 aromatic heterocycles. The number of pyridine rings is 1. The van der Waals surface area contributed by atoms with Crippen molar-refractivity contribution in [1.82, 2.24) is 34.5 Å². The van der Waals surface area contributed by atoms with E-state index in [1.807, 2.05) is 0 Å². The van der Waals surface area contributed by atoms with E-state index in [1.54, 1.807) is 6.92 Å². The molecule has 1 aromatic carbocycles. The summed E-state index contributed by atoms with van der Waals surface area (Å²) in [6, 6.07) is 6.61. The van der Waals surface area contributed by atoms with E-state index in [0.717, 1.165) is 17.1 Å². The first kappa shape index (κ1) is 12.8. The molecule has 0 aliphatic carbocycles. The van der Waals surface area contributed by atoms with Gasteiger partial charge in [-0.25, -0.2) is 14.6 Å². The third-order valence-corrected chi connectivity index (χ3v) is 5.00. The molecule has 1 fully saturated rings. The Kier molecular flexibility index (Phi) is 3.29. The van der Waals surface area contributed by atoms with Crippen molar-refractivity contribution in [2.24, 2.45) is 0 Å².